The summed E-state index contributed by atoms with van der Waals surface area (Å²) in [6, 6.07) is 0. The number of hydrogen-bond acceptors (Lipinski definition) is 10. The van der Waals surface area contributed by atoms with Crippen LogP contribution in [0.15, 0.2) is 6.33 Å². The van der Waals surface area contributed by atoms with Gasteiger partial charge in [0.05, 0.1) is 19.5 Å². The van der Waals surface area contributed by atoms with Gasteiger partial charge in [0.2, 0.25) is 5.95 Å². The van der Waals surface area contributed by atoms with Crippen molar-refractivity contribution in [3.8, 4) is 0 Å². The van der Waals surface area contributed by atoms with Crippen LogP contribution in [0.4, 0.5) is 19.1 Å². The molecule has 0 radical (unpaired) electrons. The number of halogens is 3. The number of piperazine rings is 1. The van der Waals surface area contributed by atoms with E-state index in [9.17, 15) is 28.5 Å². The van der Waals surface area contributed by atoms with E-state index in [0.29, 0.717) is 32.7 Å². The van der Waals surface area contributed by atoms with Gasteiger partial charge in [0.25, 0.3) is 0 Å². The zero-order valence-corrected chi connectivity index (χ0v) is 16.4. The van der Waals surface area contributed by atoms with E-state index in [0.717, 1.165) is 10.9 Å². The minimum atomic E-state index is -4.80. The highest BCUT2D eigenvalue weighted by atomic mass is 19.4. The predicted octanol–water partition coefficient (Wildman–Crippen LogP) is -1.43. The zero-order chi connectivity index (χ0) is 22.3. The number of anilines is 1. The summed E-state index contributed by atoms with van der Waals surface area (Å²) in [5, 5.41) is 38.6. The van der Waals surface area contributed by atoms with Gasteiger partial charge in [0.15, 0.2) is 17.6 Å². The molecule has 2 aliphatic rings. The number of aliphatic hydroxyl groups excluding tert-OH is 4. The minimum Gasteiger partial charge on any atom is -0.395 e. The van der Waals surface area contributed by atoms with E-state index < -0.39 is 48.5 Å². The second-order valence-electron chi connectivity index (χ2n) is 7.48. The molecule has 4 atom stereocenters. The van der Waals surface area contributed by atoms with Crippen molar-refractivity contribution < 1.29 is 38.3 Å². The molecule has 0 saturated carbocycles. The molecule has 31 heavy (non-hydrogen) atoms. The second kappa shape index (κ2) is 8.44. The lowest BCUT2D eigenvalue weighted by atomic mass is 10.1. The number of alkyl halides is 3. The van der Waals surface area contributed by atoms with Crippen molar-refractivity contribution in [2.24, 2.45) is 0 Å². The Labute approximate surface area is 174 Å². The molecule has 1 unspecified atom stereocenters. The Morgan fingerprint density at radius 3 is 2.35 bits per heavy atom. The van der Waals surface area contributed by atoms with Gasteiger partial charge in [-0.15, -0.1) is 0 Å². The first-order chi connectivity index (χ1) is 14.7. The molecule has 4 heterocycles. The average molecular weight is 448 g/mol. The Morgan fingerprint density at radius 2 is 1.77 bits per heavy atom. The third kappa shape index (κ3) is 4.06. The SMILES string of the molecule is OCCN1CCN(c2nc(C(F)(F)F)c3ncn(C4O[C@H](CO)[C@@H](O)[C@H]4O)c3n2)CC1. The van der Waals surface area contributed by atoms with Crippen molar-refractivity contribution in [3.63, 3.8) is 0 Å². The van der Waals surface area contributed by atoms with Crippen LogP contribution >= 0.6 is 0 Å². The fourth-order valence-corrected chi connectivity index (χ4v) is 3.85. The number of ether oxygens (including phenoxy) is 1. The molecular formula is C17H23F3N6O5. The lowest BCUT2D eigenvalue weighted by Crippen LogP contribution is -2.47. The minimum absolute atomic E-state index is 0.00966. The molecule has 4 N–H and O–H groups in total. The summed E-state index contributed by atoms with van der Waals surface area (Å²) >= 11 is 0. The van der Waals surface area contributed by atoms with E-state index in [-0.39, 0.29) is 18.2 Å². The van der Waals surface area contributed by atoms with Crippen LogP contribution in [-0.4, -0.2) is 109 Å². The zero-order valence-electron chi connectivity index (χ0n) is 16.4. The standard InChI is InChI=1S/C17H23F3N6O5/c18-17(19,20)13-10-14(23-16(22-13)25-3-1-24(2-4-25)5-6-27)26(8-21-10)15-12(30)11(29)9(7-28)31-15/h8-9,11-12,15,27-30H,1-7H2/t9-,11-,12-,15?/m1/s1. The predicted molar refractivity (Wildman–Crippen MR) is 99.1 cm³/mol. The molecule has 2 saturated heterocycles. The summed E-state index contributed by atoms with van der Waals surface area (Å²) in [6.07, 6.45) is -9.05. The lowest BCUT2D eigenvalue weighted by Gasteiger charge is -2.34. The number of β-amino-alcohol motifs (C(OH)–C–C–N with tert-alkyl or cyclic N) is 1. The van der Waals surface area contributed by atoms with Gasteiger partial charge < -0.3 is 30.1 Å². The summed E-state index contributed by atoms with van der Waals surface area (Å²) in [6.45, 7) is 1.67. The highest BCUT2D eigenvalue weighted by Gasteiger charge is 2.45. The van der Waals surface area contributed by atoms with Crippen molar-refractivity contribution >= 4 is 17.1 Å². The summed E-state index contributed by atoms with van der Waals surface area (Å²) in [7, 11) is 0. The van der Waals surface area contributed by atoms with Gasteiger partial charge in [-0.05, 0) is 0 Å². The maximum absolute atomic E-state index is 13.7. The van der Waals surface area contributed by atoms with Crippen LogP contribution in [0.3, 0.4) is 0 Å². The van der Waals surface area contributed by atoms with Crippen molar-refractivity contribution in [1.82, 2.24) is 24.4 Å². The Morgan fingerprint density at radius 1 is 1.06 bits per heavy atom. The molecule has 14 heteroatoms. The van der Waals surface area contributed by atoms with Crippen molar-refractivity contribution in [3.05, 3.63) is 12.0 Å². The highest BCUT2D eigenvalue weighted by Crippen LogP contribution is 2.36. The Kier molecular flexibility index (Phi) is 6.02. The fraction of sp³-hybridized carbons (Fsp3) is 0.706. The van der Waals surface area contributed by atoms with Crippen LogP contribution in [0.2, 0.25) is 0 Å². The third-order valence-corrected chi connectivity index (χ3v) is 5.54. The van der Waals surface area contributed by atoms with Gasteiger partial charge in [-0.1, -0.05) is 0 Å². The maximum Gasteiger partial charge on any atom is 0.435 e. The van der Waals surface area contributed by atoms with Gasteiger partial charge >= 0.3 is 6.18 Å². The number of aliphatic hydroxyl groups is 4. The number of aromatic nitrogens is 4. The molecule has 0 amide bonds. The molecule has 2 fully saturated rings. The van der Waals surface area contributed by atoms with E-state index in [4.69, 9.17) is 9.84 Å². The number of fused-ring (bicyclic) bond motifs is 1. The summed E-state index contributed by atoms with van der Waals surface area (Å²) in [5.74, 6) is -0.142. The molecule has 2 aliphatic heterocycles. The Balaban J connectivity index is 1.73. The monoisotopic (exact) mass is 448 g/mol. The topological polar surface area (TPSA) is 140 Å². The highest BCUT2D eigenvalue weighted by molar-refractivity contribution is 5.76. The Bertz CT molecular complexity index is 920. The van der Waals surface area contributed by atoms with Gasteiger partial charge in [-0.25, -0.2) is 9.97 Å². The van der Waals surface area contributed by atoms with Crippen molar-refractivity contribution in [2.75, 3.05) is 50.8 Å². The normalized spacial score (nSPS) is 28.0. The molecule has 4 rings (SSSR count). The second-order valence-corrected chi connectivity index (χ2v) is 7.48. The van der Waals surface area contributed by atoms with E-state index in [1.807, 2.05) is 4.90 Å². The Hall–Kier alpha value is -2.10. The molecule has 0 aromatic carbocycles. The van der Waals surface area contributed by atoms with Crippen LogP contribution < -0.4 is 4.90 Å². The van der Waals surface area contributed by atoms with Crippen LogP contribution in [0.1, 0.15) is 11.9 Å². The van der Waals surface area contributed by atoms with E-state index in [2.05, 4.69) is 15.0 Å². The first-order valence-corrected chi connectivity index (χ1v) is 9.77. The number of rotatable bonds is 5. The van der Waals surface area contributed by atoms with Crippen LogP contribution in [-0.2, 0) is 10.9 Å². The molecule has 0 bridgehead atoms. The summed E-state index contributed by atoms with van der Waals surface area (Å²) in [5.41, 5.74) is -1.92. The summed E-state index contributed by atoms with van der Waals surface area (Å²) in [4.78, 5) is 15.4. The van der Waals surface area contributed by atoms with Gasteiger partial charge in [-0.3, -0.25) is 9.47 Å². The van der Waals surface area contributed by atoms with Crippen LogP contribution in [0, 0.1) is 0 Å². The largest absolute Gasteiger partial charge is 0.435 e. The molecule has 0 aliphatic carbocycles. The van der Waals surface area contributed by atoms with Crippen LogP contribution in [0.25, 0.3) is 11.2 Å². The van der Waals surface area contributed by atoms with Gasteiger partial charge in [0, 0.05) is 32.7 Å². The molecular weight excluding hydrogens is 425 g/mol. The fourth-order valence-electron chi connectivity index (χ4n) is 3.85. The lowest BCUT2D eigenvalue weighted by molar-refractivity contribution is -0.139. The van der Waals surface area contributed by atoms with Gasteiger partial charge in [0.1, 0.15) is 23.8 Å². The molecule has 172 valence electrons. The van der Waals surface area contributed by atoms with E-state index >= 15 is 0 Å². The van der Waals surface area contributed by atoms with E-state index in [1.165, 1.54) is 0 Å². The molecule has 11 nitrogen and oxygen atoms in total. The van der Waals surface area contributed by atoms with Crippen molar-refractivity contribution in [1.29, 1.82) is 0 Å². The van der Waals surface area contributed by atoms with Gasteiger partial charge in [-0.2, -0.15) is 18.2 Å². The van der Waals surface area contributed by atoms with E-state index in [1.54, 1.807) is 4.90 Å². The number of nitrogens with zero attached hydrogens (tertiary/aromatic N) is 6. The quantitative estimate of drug-likeness (QED) is 0.430. The maximum atomic E-state index is 13.7. The number of hydrogen-bond donors (Lipinski definition) is 4. The summed E-state index contributed by atoms with van der Waals surface area (Å²) < 4.78 is 47.7. The third-order valence-electron chi connectivity index (χ3n) is 5.54. The van der Waals surface area contributed by atoms with Crippen molar-refractivity contribution in [2.45, 2.75) is 30.7 Å². The smallest absolute Gasteiger partial charge is 0.395 e. The molecule has 2 aromatic rings. The number of imidazole rings is 1. The van der Waals surface area contributed by atoms with Crippen LogP contribution in [0.5, 0.6) is 0 Å². The first-order valence-electron chi connectivity index (χ1n) is 9.77. The molecule has 2 aromatic heterocycles. The average Bonchev–Trinajstić information content (AvgIpc) is 3.28. The molecule has 0 spiro atoms. The first kappa shape index (κ1) is 22.1.